The van der Waals surface area contributed by atoms with Crippen LogP contribution in [-0.4, -0.2) is 31.3 Å². The molecule has 0 heterocycles. The maximum atomic E-state index is 11.9. The maximum Gasteiger partial charge on any atom is 0.303 e. The van der Waals surface area contributed by atoms with E-state index in [0.29, 0.717) is 0 Å². The van der Waals surface area contributed by atoms with Gasteiger partial charge in [-0.2, -0.15) is 0 Å². The second-order valence-electron chi connectivity index (χ2n) is 4.86. The van der Waals surface area contributed by atoms with Gasteiger partial charge < -0.3 is 5.11 Å². The van der Waals surface area contributed by atoms with E-state index in [1.54, 1.807) is 6.92 Å². The average molecular weight is 263 g/mol. The van der Waals surface area contributed by atoms with Crippen LogP contribution >= 0.6 is 0 Å². The molecule has 1 fully saturated rings. The zero-order valence-corrected chi connectivity index (χ0v) is 11.0. The highest BCUT2D eigenvalue weighted by Crippen LogP contribution is 2.23. The van der Waals surface area contributed by atoms with Crippen molar-refractivity contribution >= 4 is 16.0 Å². The summed E-state index contributed by atoms with van der Waals surface area (Å²) in [7, 11) is -3.26. The molecule has 1 aliphatic rings. The zero-order valence-electron chi connectivity index (χ0n) is 10.2. The van der Waals surface area contributed by atoms with Crippen LogP contribution in [0.2, 0.25) is 0 Å². The highest BCUT2D eigenvalue weighted by atomic mass is 32.2. The lowest BCUT2D eigenvalue weighted by molar-refractivity contribution is -0.137. The fourth-order valence-electron chi connectivity index (χ4n) is 2.12. The third kappa shape index (κ3) is 5.04. The summed E-state index contributed by atoms with van der Waals surface area (Å²) in [6.07, 6.45) is 4.49. The van der Waals surface area contributed by atoms with Gasteiger partial charge in [-0.25, -0.2) is 13.1 Å². The molecular formula is C11H21NO4S. The van der Waals surface area contributed by atoms with Gasteiger partial charge in [-0.3, -0.25) is 4.79 Å². The largest absolute Gasteiger partial charge is 0.481 e. The Kier molecular flexibility index (Phi) is 5.39. The molecule has 0 bridgehead atoms. The minimum atomic E-state index is -3.26. The molecule has 17 heavy (non-hydrogen) atoms. The van der Waals surface area contributed by atoms with Crippen LogP contribution in [0.4, 0.5) is 0 Å². The van der Waals surface area contributed by atoms with Crippen molar-refractivity contribution in [3.05, 3.63) is 0 Å². The SMILES string of the molecule is CC(CNS(=O)(=O)C1CCCCC1)CC(=O)O. The minimum Gasteiger partial charge on any atom is -0.481 e. The summed E-state index contributed by atoms with van der Waals surface area (Å²) in [5.41, 5.74) is 0. The Labute approximate surface area is 103 Å². The standard InChI is InChI=1S/C11H21NO4S/c1-9(7-11(13)14)8-12-17(15,16)10-5-3-2-4-6-10/h9-10,12H,2-8H2,1H3,(H,13,14). The molecular weight excluding hydrogens is 242 g/mol. The summed E-state index contributed by atoms with van der Waals surface area (Å²) in [4.78, 5) is 10.5. The second-order valence-corrected chi connectivity index (χ2v) is 6.90. The van der Waals surface area contributed by atoms with Gasteiger partial charge in [0.15, 0.2) is 0 Å². The van der Waals surface area contributed by atoms with Crippen LogP contribution in [0, 0.1) is 5.92 Å². The Morgan fingerprint density at radius 3 is 2.47 bits per heavy atom. The molecule has 1 aliphatic carbocycles. The van der Waals surface area contributed by atoms with Crippen molar-refractivity contribution in [2.45, 2.75) is 50.7 Å². The molecule has 0 amide bonds. The lowest BCUT2D eigenvalue weighted by Gasteiger charge is -2.22. The molecule has 1 rings (SSSR count). The Bertz CT molecular complexity index is 346. The molecule has 6 heteroatoms. The third-order valence-corrected chi connectivity index (χ3v) is 5.07. The van der Waals surface area contributed by atoms with Crippen LogP contribution in [0.5, 0.6) is 0 Å². The third-order valence-electron chi connectivity index (χ3n) is 3.15. The van der Waals surface area contributed by atoms with Crippen LogP contribution in [0.15, 0.2) is 0 Å². The van der Waals surface area contributed by atoms with Crippen LogP contribution < -0.4 is 4.72 Å². The summed E-state index contributed by atoms with van der Waals surface area (Å²) >= 11 is 0. The van der Waals surface area contributed by atoms with E-state index in [0.717, 1.165) is 32.1 Å². The van der Waals surface area contributed by atoms with Crippen molar-refractivity contribution < 1.29 is 18.3 Å². The van der Waals surface area contributed by atoms with Gasteiger partial charge in [0.2, 0.25) is 10.0 Å². The normalized spacial score (nSPS) is 20.1. The molecule has 2 N–H and O–H groups in total. The number of sulfonamides is 1. The molecule has 1 unspecified atom stereocenters. The summed E-state index contributed by atoms with van der Waals surface area (Å²) in [6.45, 7) is 1.95. The molecule has 0 aromatic carbocycles. The molecule has 0 spiro atoms. The van der Waals surface area contributed by atoms with Crippen molar-refractivity contribution in [1.82, 2.24) is 4.72 Å². The molecule has 1 atom stereocenters. The van der Waals surface area contributed by atoms with E-state index in [4.69, 9.17) is 5.11 Å². The fraction of sp³-hybridized carbons (Fsp3) is 0.909. The number of nitrogens with one attached hydrogen (secondary N) is 1. The lowest BCUT2D eigenvalue weighted by atomic mass is 10.0. The number of hydrogen-bond donors (Lipinski definition) is 2. The van der Waals surface area contributed by atoms with Crippen LogP contribution in [0.3, 0.4) is 0 Å². The topological polar surface area (TPSA) is 83.5 Å². The Morgan fingerprint density at radius 2 is 1.94 bits per heavy atom. The number of carbonyl (C=O) groups is 1. The number of carboxylic acids is 1. The first-order valence-electron chi connectivity index (χ1n) is 6.12. The molecule has 1 saturated carbocycles. The van der Waals surface area contributed by atoms with Gasteiger partial charge in [0.25, 0.3) is 0 Å². The number of aliphatic carboxylic acids is 1. The van der Waals surface area contributed by atoms with Gasteiger partial charge >= 0.3 is 5.97 Å². The van der Waals surface area contributed by atoms with E-state index >= 15 is 0 Å². The molecule has 0 radical (unpaired) electrons. The average Bonchev–Trinajstić information content (AvgIpc) is 2.27. The predicted octanol–water partition coefficient (Wildman–Crippen LogP) is 1.35. The zero-order chi connectivity index (χ0) is 12.9. The monoisotopic (exact) mass is 263 g/mol. The summed E-state index contributed by atoms with van der Waals surface area (Å²) in [6, 6.07) is 0. The van der Waals surface area contributed by atoms with Crippen molar-refractivity contribution in [1.29, 1.82) is 0 Å². The van der Waals surface area contributed by atoms with E-state index in [9.17, 15) is 13.2 Å². The van der Waals surface area contributed by atoms with Crippen molar-refractivity contribution in [2.75, 3.05) is 6.54 Å². The Hall–Kier alpha value is -0.620. The molecule has 0 aliphatic heterocycles. The number of hydrogen-bond acceptors (Lipinski definition) is 3. The van der Waals surface area contributed by atoms with E-state index < -0.39 is 16.0 Å². The van der Waals surface area contributed by atoms with Crippen molar-refractivity contribution in [2.24, 2.45) is 5.92 Å². The van der Waals surface area contributed by atoms with Crippen LogP contribution in [0.1, 0.15) is 45.4 Å². The van der Waals surface area contributed by atoms with Gasteiger partial charge in [-0.15, -0.1) is 0 Å². The van der Waals surface area contributed by atoms with Gasteiger partial charge in [-0.1, -0.05) is 26.2 Å². The van der Waals surface area contributed by atoms with Gasteiger partial charge in [0, 0.05) is 13.0 Å². The van der Waals surface area contributed by atoms with Crippen LogP contribution in [-0.2, 0) is 14.8 Å². The second kappa shape index (κ2) is 6.35. The number of carboxylic acid groups (broad SMARTS) is 1. The van der Waals surface area contributed by atoms with E-state index in [1.807, 2.05) is 0 Å². The van der Waals surface area contributed by atoms with E-state index in [1.165, 1.54) is 0 Å². The quantitative estimate of drug-likeness (QED) is 0.757. The smallest absolute Gasteiger partial charge is 0.303 e. The van der Waals surface area contributed by atoms with Gasteiger partial charge in [0.05, 0.1) is 5.25 Å². The molecule has 0 saturated heterocycles. The van der Waals surface area contributed by atoms with Gasteiger partial charge in [0.1, 0.15) is 0 Å². The molecule has 100 valence electrons. The molecule has 0 aromatic heterocycles. The van der Waals surface area contributed by atoms with Crippen molar-refractivity contribution in [3.8, 4) is 0 Å². The van der Waals surface area contributed by atoms with Crippen LogP contribution in [0.25, 0.3) is 0 Å². The first-order valence-corrected chi connectivity index (χ1v) is 7.66. The number of rotatable bonds is 6. The summed E-state index contributed by atoms with van der Waals surface area (Å²) in [5, 5.41) is 8.30. The molecule has 0 aromatic rings. The summed E-state index contributed by atoms with van der Waals surface area (Å²) < 4.78 is 26.4. The lowest BCUT2D eigenvalue weighted by Crippen LogP contribution is -2.38. The van der Waals surface area contributed by atoms with Gasteiger partial charge in [-0.05, 0) is 18.8 Å². The van der Waals surface area contributed by atoms with E-state index in [2.05, 4.69) is 4.72 Å². The summed E-state index contributed by atoms with van der Waals surface area (Å²) in [5.74, 6) is -1.07. The highest BCUT2D eigenvalue weighted by Gasteiger charge is 2.27. The maximum absolute atomic E-state index is 11.9. The highest BCUT2D eigenvalue weighted by molar-refractivity contribution is 7.90. The first-order chi connectivity index (χ1) is 7.92. The fourth-order valence-corrected chi connectivity index (χ4v) is 3.83. The minimum absolute atomic E-state index is 0.00676. The van der Waals surface area contributed by atoms with Crippen molar-refractivity contribution in [3.63, 3.8) is 0 Å². The Balaban J connectivity index is 2.40. The molecule has 5 nitrogen and oxygen atoms in total. The first kappa shape index (κ1) is 14.4. The Morgan fingerprint density at radius 1 is 1.35 bits per heavy atom. The van der Waals surface area contributed by atoms with E-state index in [-0.39, 0.29) is 24.1 Å². The predicted molar refractivity (Wildman–Crippen MR) is 65.2 cm³/mol.